The Labute approximate surface area is 209 Å². The van der Waals surface area contributed by atoms with Crippen LogP contribution in [0.2, 0.25) is 0 Å². The van der Waals surface area contributed by atoms with Crippen molar-refractivity contribution in [2.75, 3.05) is 32.1 Å². The Kier molecular flexibility index (Phi) is 7.30. The van der Waals surface area contributed by atoms with E-state index in [9.17, 15) is 22.8 Å². The van der Waals surface area contributed by atoms with Gasteiger partial charge in [0.05, 0.1) is 24.1 Å². The van der Waals surface area contributed by atoms with Crippen molar-refractivity contribution >= 4 is 44.1 Å². The number of nitrogens with one attached hydrogen (secondary N) is 1. The van der Waals surface area contributed by atoms with Gasteiger partial charge in [-0.05, 0) is 55.0 Å². The van der Waals surface area contributed by atoms with E-state index in [1.54, 1.807) is 4.90 Å². The molecule has 1 aromatic heterocycles. The molecular weight excluding hydrogens is 490 g/mol. The number of fused-ring (bicyclic) bond motifs is 1. The lowest BCUT2D eigenvalue weighted by molar-refractivity contribution is -0.129. The number of carbonyl (C=O) groups is 3. The maximum Gasteiger partial charge on any atom is 0.341 e. The van der Waals surface area contributed by atoms with Gasteiger partial charge in [0.25, 0.3) is 5.91 Å². The quantitative estimate of drug-likeness (QED) is 0.608. The monoisotopic (exact) mass is 519 g/mol. The number of amides is 2. The van der Waals surface area contributed by atoms with Crippen molar-refractivity contribution in [3.8, 4) is 0 Å². The molecule has 2 aliphatic rings. The van der Waals surface area contributed by atoms with Gasteiger partial charge in [-0.3, -0.25) is 9.59 Å². The fraction of sp³-hybridized carbons (Fsp3) is 0.458. The van der Waals surface area contributed by atoms with E-state index in [-0.39, 0.29) is 16.4 Å². The van der Waals surface area contributed by atoms with Crippen molar-refractivity contribution < 1.29 is 27.5 Å². The van der Waals surface area contributed by atoms with E-state index in [2.05, 4.69) is 5.32 Å². The smallest absolute Gasteiger partial charge is 0.341 e. The minimum Gasteiger partial charge on any atom is -0.465 e. The molecular formula is C24H29N3O6S2. The number of carbonyl (C=O) groups excluding carboxylic acids is 3. The molecule has 2 aliphatic heterocycles. The van der Waals surface area contributed by atoms with Gasteiger partial charge in [0, 0.05) is 37.0 Å². The zero-order valence-electron chi connectivity index (χ0n) is 20.0. The van der Waals surface area contributed by atoms with Gasteiger partial charge in [-0.1, -0.05) is 6.92 Å². The van der Waals surface area contributed by atoms with Crippen molar-refractivity contribution in [2.45, 2.75) is 44.6 Å². The van der Waals surface area contributed by atoms with Crippen LogP contribution in [0.25, 0.3) is 0 Å². The second-order valence-electron chi connectivity index (χ2n) is 8.98. The lowest BCUT2D eigenvalue weighted by Gasteiger charge is -2.30. The van der Waals surface area contributed by atoms with Crippen LogP contribution in [0, 0.1) is 5.92 Å². The molecule has 0 saturated carbocycles. The highest BCUT2D eigenvalue weighted by Gasteiger charge is 2.31. The van der Waals surface area contributed by atoms with E-state index >= 15 is 0 Å². The molecule has 35 heavy (non-hydrogen) atoms. The number of hydrogen-bond donors (Lipinski definition) is 1. The number of rotatable bonds is 5. The zero-order chi connectivity index (χ0) is 25.3. The average Bonchev–Trinajstić information content (AvgIpc) is 3.20. The minimum atomic E-state index is -3.62. The molecule has 0 spiro atoms. The molecule has 9 nitrogen and oxygen atoms in total. The summed E-state index contributed by atoms with van der Waals surface area (Å²) in [5.74, 6) is -0.756. The summed E-state index contributed by atoms with van der Waals surface area (Å²) in [6.07, 6.45) is 2.34. The van der Waals surface area contributed by atoms with E-state index < -0.39 is 21.9 Å². The number of benzene rings is 1. The summed E-state index contributed by atoms with van der Waals surface area (Å²) in [5.41, 5.74) is 1.36. The fourth-order valence-corrected chi connectivity index (χ4v) is 7.39. The first-order valence-electron chi connectivity index (χ1n) is 11.5. The number of anilines is 1. The highest BCUT2D eigenvalue weighted by molar-refractivity contribution is 7.89. The summed E-state index contributed by atoms with van der Waals surface area (Å²) in [6.45, 7) is 5.38. The average molecular weight is 520 g/mol. The highest BCUT2D eigenvalue weighted by Crippen LogP contribution is 2.38. The standard InChI is InChI=1S/C24H29N3O6S2/c1-15-5-4-11-27(13-15)35(31,32)18-8-6-17(7-9-18)22(29)25-23-21(24(30)33-3)19-10-12-26(16(2)28)14-20(19)34-23/h6-9,15H,4-5,10-14H2,1-3H3,(H,25,29)/t15-/m0/s1. The SMILES string of the molecule is COC(=O)c1c(NC(=O)c2ccc(S(=O)(=O)N3CCC[C@H](C)C3)cc2)sc2c1CCN(C(C)=O)C2. The molecule has 1 atom stereocenters. The third kappa shape index (κ3) is 5.12. The first-order valence-corrected chi connectivity index (χ1v) is 13.8. The molecule has 0 bridgehead atoms. The van der Waals surface area contributed by atoms with Crippen LogP contribution in [0.5, 0.6) is 0 Å². The molecule has 2 amide bonds. The lowest BCUT2D eigenvalue weighted by atomic mass is 10.0. The van der Waals surface area contributed by atoms with Crippen molar-refractivity contribution in [3.63, 3.8) is 0 Å². The van der Waals surface area contributed by atoms with Gasteiger partial charge in [0.1, 0.15) is 5.00 Å². The van der Waals surface area contributed by atoms with Crippen LogP contribution in [0.1, 0.15) is 57.8 Å². The van der Waals surface area contributed by atoms with Gasteiger partial charge in [-0.15, -0.1) is 11.3 Å². The Bertz CT molecular complexity index is 1250. The summed E-state index contributed by atoms with van der Waals surface area (Å²) >= 11 is 1.25. The first kappa shape index (κ1) is 25.3. The molecule has 0 aliphatic carbocycles. The van der Waals surface area contributed by atoms with Crippen LogP contribution in [0.4, 0.5) is 5.00 Å². The van der Waals surface area contributed by atoms with Crippen LogP contribution >= 0.6 is 11.3 Å². The van der Waals surface area contributed by atoms with E-state index in [0.29, 0.717) is 49.1 Å². The maximum atomic E-state index is 13.0. The number of piperidine rings is 1. The van der Waals surface area contributed by atoms with E-state index in [1.165, 1.54) is 53.9 Å². The van der Waals surface area contributed by atoms with Crippen molar-refractivity contribution in [1.29, 1.82) is 0 Å². The van der Waals surface area contributed by atoms with Crippen LogP contribution in [-0.4, -0.2) is 62.2 Å². The predicted octanol–water partition coefficient (Wildman–Crippen LogP) is 3.11. The molecule has 1 N–H and O–H groups in total. The van der Waals surface area contributed by atoms with E-state index in [4.69, 9.17) is 4.74 Å². The number of thiophene rings is 1. The Morgan fingerprint density at radius 3 is 2.49 bits per heavy atom. The molecule has 11 heteroatoms. The highest BCUT2D eigenvalue weighted by atomic mass is 32.2. The van der Waals surface area contributed by atoms with Crippen molar-refractivity contribution in [3.05, 3.63) is 45.8 Å². The van der Waals surface area contributed by atoms with Gasteiger partial charge in [0.2, 0.25) is 15.9 Å². The molecule has 1 fully saturated rings. The fourth-order valence-electron chi connectivity index (χ4n) is 4.55. The summed E-state index contributed by atoms with van der Waals surface area (Å²) in [5, 5.41) is 3.14. The summed E-state index contributed by atoms with van der Waals surface area (Å²) in [7, 11) is -2.34. The number of nitrogens with zero attached hydrogens (tertiary/aromatic N) is 2. The molecule has 3 heterocycles. The predicted molar refractivity (Wildman–Crippen MR) is 132 cm³/mol. The molecule has 1 aromatic carbocycles. The molecule has 188 valence electrons. The number of hydrogen-bond acceptors (Lipinski definition) is 7. The van der Waals surface area contributed by atoms with Gasteiger partial charge < -0.3 is 15.0 Å². The second-order valence-corrected chi connectivity index (χ2v) is 12.0. The Balaban J connectivity index is 1.55. The van der Waals surface area contributed by atoms with Crippen LogP contribution in [0.15, 0.2) is 29.2 Å². The molecule has 0 unspecified atom stereocenters. The molecule has 0 radical (unpaired) electrons. The number of esters is 1. The lowest BCUT2D eigenvalue weighted by Crippen LogP contribution is -2.39. The Morgan fingerprint density at radius 2 is 1.86 bits per heavy atom. The Hall–Kier alpha value is -2.76. The van der Waals surface area contributed by atoms with Crippen molar-refractivity contribution in [2.24, 2.45) is 5.92 Å². The largest absolute Gasteiger partial charge is 0.465 e. The third-order valence-electron chi connectivity index (χ3n) is 6.49. The summed E-state index contributed by atoms with van der Waals surface area (Å²) < 4.78 is 32.4. The van der Waals surface area contributed by atoms with Gasteiger partial charge in [0.15, 0.2) is 0 Å². The minimum absolute atomic E-state index is 0.0525. The van der Waals surface area contributed by atoms with Gasteiger partial charge >= 0.3 is 5.97 Å². The van der Waals surface area contributed by atoms with E-state index in [0.717, 1.165) is 23.3 Å². The molecule has 2 aromatic rings. The number of methoxy groups -OCH3 is 1. The van der Waals surface area contributed by atoms with Crippen LogP contribution in [-0.2, 0) is 32.5 Å². The maximum absolute atomic E-state index is 13.0. The third-order valence-corrected chi connectivity index (χ3v) is 9.50. The Morgan fingerprint density at radius 1 is 1.14 bits per heavy atom. The number of sulfonamides is 1. The zero-order valence-corrected chi connectivity index (χ0v) is 21.6. The molecule has 4 rings (SSSR count). The molecule has 1 saturated heterocycles. The van der Waals surface area contributed by atoms with Crippen LogP contribution in [0.3, 0.4) is 0 Å². The second kappa shape index (κ2) is 10.1. The van der Waals surface area contributed by atoms with E-state index in [1.807, 2.05) is 6.92 Å². The van der Waals surface area contributed by atoms with Crippen molar-refractivity contribution in [1.82, 2.24) is 9.21 Å². The summed E-state index contributed by atoms with van der Waals surface area (Å²) in [4.78, 5) is 40.0. The summed E-state index contributed by atoms with van der Waals surface area (Å²) in [6, 6.07) is 5.82. The van der Waals surface area contributed by atoms with Crippen LogP contribution < -0.4 is 5.32 Å². The first-order chi connectivity index (χ1) is 16.6. The van der Waals surface area contributed by atoms with Gasteiger partial charge in [-0.2, -0.15) is 4.31 Å². The van der Waals surface area contributed by atoms with Gasteiger partial charge in [-0.25, -0.2) is 13.2 Å². The topological polar surface area (TPSA) is 113 Å². The normalized spacial score (nSPS) is 18.6. The number of ether oxygens (including phenoxy) is 1.